The van der Waals surface area contributed by atoms with E-state index in [1.807, 2.05) is 0 Å². The molecule has 84 valence electrons. The summed E-state index contributed by atoms with van der Waals surface area (Å²) in [4.78, 5) is 0. The molecule has 0 fully saturated rings. The van der Waals surface area contributed by atoms with Crippen molar-refractivity contribution in [2.45, 2.75) is 39.5 Å². The maximum Gasteiger partial charge on any atom is 0.0434 e. The van der Waals surface area contributed by atoms with Crippen molar-refractivity contribution in [2.75, 3.05) is 19.7 Å². The Labute approximate surface area is 88.4 Å². The minimum Gasteiger partial charge on any atom is -0.396 e. The highest BCUT2D eigenvalue weighted by Gasteiger charge is 2.06. The van der Waals surface area contributed by atoms with Gasteiger partial charge in [-0.1, -0.05) is 32.4 Å². The van der Waals surface area contributed by atoms with E-state index in [0.717, 1.165) is 25.9 Å². The summed E-state index contributed by atoms with van der Waals surface area (Å²) in [7, 11) is 0. The average Bonchev–Trinajstić information content (AvgIpc) is 2.18. The van der Waals surface area contributed by atoms with E-state index < -0.39 is 0 Å². The highest BCUT2D eigenvalue weighted by Crippen LogP contribution is 2.09. The van der Waals surface area contributed by atoms with E-state index in [1.54, 1.807) is 0 Å². The molecule has 1 unspecified atom stereocenters. The molecule has 14 heavy (non-hydrogen) atoms. The van der Waals surface area contributed by atoms with Crippen molar-refractivity contribution in [3.8, 4) is 0 Å². The molecule has 0 aromatic carbocycles. The van der Waals surface area contributed by atoms with Crippen molar-refractivity contribution in [3.63, 3.8) is 0 Å². The van der Waals surface area contributed by atoms with Crippen LogP contribution in [-0.2, 0) is 0 Å². The molecule has 0 aromatic rings. The Morgan fingerprint density at radius 2 is 2.07 bits per heavy atom. The van der Waals surface area contributed by atoms with Crippen LogP contribution in [0.4, 0.5) is 0 Å². The summed E-state index contributed by atoms with van der Waals surface area (Å²) < 4.78 is 0. The lowest BCUT2D eigenvalue weighted by atomic mass is 10.0. The van der Waals surface area contributed by atoms with Crippen LogP contribution in [0, 0.1) is 5.92 Å². The van der Waals surface area contributed by atoms with Gasteiger partial charge in [0.25, 0.3) is 0 Å². The summed E-state index contributed by atoms with van der Waals surface area (Å²) in [5.74, 6) is 0.620. The second-order valence-corrected chi connectivity index (χ2v) is 3.90. The molecule has 0 rings (SSSR count). The zero-order valence-electron chi connectivity index (χ0n) is 9.68. The lowest BCUT2D eigenvalue weighted by Crippen LogP contribution is -2.25. The quantitative estimate of drug-likeness (QED) is 0.559. The molecule has 0 radical (unpaired) electrons. The van der Waals surface area contributed by atoms with Crippen molar-refractivity contribution >= 4 is 0 Å². The zero-order chi connectivity index (χ0) is 10.8. The predicted molar refractivity (Wildman–Crippen MR) is 62.4 cm³/mol. The van der Waals surface area contributed by atoms with Gasteiger partial charge in [0.1, 0.15) is 0 Å². The zero-order valence-corrected chi connectivity index (χ0v) is 9.68. The average molecular weight is 199 g/mol. The van der Waals surface area contributed by atoms with Crippen molar-refractivity contribution in [2.24, 2.45) is 5.92 Å². The molecule has 1 atom stereocenters. The van der Waals surface area contributed by atoms with Crippen LogP contribution in [0.25, 0.3) is 0 Å². The van der Waals surface area contributed by atoms with E-state index >= 15 is 0 Å². The Kier molecular flexibility index (Phi) is 9.00. The van der Waals surface area contributed by atoms with Crippen LogP contribution in [-0.4, -0.2) is 24.8 Å². The fourth-order valence-electron chi connectivity index (χ4n) is 1.52. The van der Waals surface area contributed by atoms with Crippen LogP contribution in [0.15, 0.2) is 12.2 Å². The lowest BCUT2D eigenvalue weighted by molar-refractivity contribution is 0.249. The topological polar surface area (TPSA) is 32.3 Å². The fourth-order valence-corrected chi connectivity index (χ4v) is 1.52. The van der Waals surface area contributed by atoms with E-state index in [9.17, 15) is 0 Å². The third-order valence-corrected chi connectivity index (χ3v) is 2.54. The van der Waals surface area contributed by atoms with Gasteiger partial charge in [0.15, 0.2) is 0 Å². The monoisotopic (exact) mass is 199 g/mol. The van der Waals surface area contributed by atoms with Crippen LogP contribution in [0.5, 0.6) is 0 Å². The van der Waals surface area contributed by atoms with E-state index in [1.165, 1.54) is 18.4 Å². The molecule has 0 bridgehead atoms. The molecule has 2 N–H and O–H groups in total. The number of rotatable bonds is 9. The van der Waals surface area contributed by atoms with Crippen molar-refractivity contribution < 1.29 is 5.11 Å². The highest BCUT2D eigenvalue weighted by molar-refractivity contribution is 4.94. The number of nitrogens with one attached hydrogen (secondary N) is 1. The largest absolute Gasteiger partial charge is 0.396 e. The molecule has 0 aromatic heterocycles. The first-order chi connectivity index (χ1) is 6.74. The maximum atomic E-state index is 8.87. The Balaban J connectivity index is 3.54. The van der Waals surface area contributed by atoms with E-state index in [0.29, 0.717) is 12.5 Å². The molecule has 2 nitrogen and oxygen atoms in total. The van der Waals surface area contributed by atoms with Crippen LogP contribution >= 0.6 is 0 Å². The number of aliphatic hydroxyl groups excluding tert-OH is 1. The predicted octanol–water partition coefficient (Wildman–Crippen LogP) is 2.34. The van der Waals surface area contributed by atoms with Crippen molar-refractivity contribution in [1.82, 2.24) is 5.32 Å². The summed E-state index contributed by atoms with van der Waals surface area (Å²) in [6.07, 6.45) is 4.36. The van der Waals surface area contributed by atoms with Gasteiger partial charge in [0, 0.05) is 13.2 Å². The molecule has 0 aliphatic rings. The maximum absolute atomic E-state index is 8.87. The number of hydrogen-bond acceptors (Lipinski definition) is 2. The van der Waals surface area contributed by atoms with Crippen molar-refractivity contribution in [3.05, 3.63) is 12.2 Å². The molecule has 0 spiro atoms. The summed E-state index contributed by atoms with van der Waals surface area (Å²) in [5, 5.41) is 12.3. The Morgan fingerprint density at radius 1 is 1.36 bits per heavy atom. The summed E-state index contributed by atoms with van der Waals surface area (Å²) in [6, 6.07) is 0. The highest BCUT2D eigenvalue weighted by atomic mass is 16.3. The first kappa shape index (κ1) is 13.7. The number of aliphatic hydroxyl groups is 1. The van der Waals surface area contributed by atoms with Gasteiger partial charge in [0.2, 0.25) is 0 Å². The second-order valence-electron chi connectivity index (χ2n) is 3.90. The summed E-state index contributed by atoms with van der Waals surface area (Å²) in [6.45, 7) is 10.5. The third kappa shape index (κ3) is 7.10. The van der Waals surface area contributed by atoms with E-state index in [2.05, 4.69) is 25.7 Å². The van der Waals surface area contributed by atoms with Gasteiger partial charge >= 0.3 is 0 Å². The van der Waals surface area contributed by atoms with Gasteiger partial charge < -0.3 is 10.4 Å². The van der Waals surface area contributed by atoms with Gasteiger partial charge in [-0.25, -0.2) is 0 Å². The summed E-state index contributed by atoms with van der Waals surface area (Å²) >= 11 is 0. The molecule has 2 heteroatoms. The normalized spacial score (nSPS) is 12.8. The summed E-state index contributed by atoms with van der Waals surface area (Å²) in [5.41, 5.74) is 1.25. The molecule has 0 aliphatic carbocycles. The van der Waals surface area contributed by atoms with Crippen molar-refractivity contribution in [1.29, 1.82) is 0 Å². The smallest absolute Gasteiger partial charge is 0.0434 e. The number of hydrogen-bond donors (Lipinski definition) is 2. The second kappa shape index (κ2) is 9.22. The van der Waals surface area contributed by atoms with Crippen LogP contribution in [0.2, 0.25) is 0 Å². The van der Waals surface area contributed by atoms with Gasteiger partial charge in [-0.2, -0.15) is 0 Å². The van der Waals surface area contributed by atoms with Gasteiger partial charge in [-0.15, -0.1) is 0 Å². The van der Waals surface area contributed by atoms with E-state index in [-0.39, 0.29) is 0 Å². The van der Waals surface area contributed by atoms with Gasteiger partial charge in [-0.05, 0) is 31.7 Å². The molecule has 0 aliphatic heterocycles. The van der Waals surface area contributed by atoms with E-state index in [4.69, 9.17) is 5.11 Å². The lowest BCUT2D eigenvalue weighted by Gasteiger charge is -2.15. The Hall–Kier alpha value is -0.340. The van der Waals surface area contributed by atoms with Gasteiger partial charge in [-0.3, -0.25) is 0 Å². The molecular formula is C12H25NO. The van der Waals surface area contributed by atoms with Crippen LogP contribution < -0.4 is 5.32 Å². The fraction of sp³-hybridized carbons (Fsp3) is 0.833. The SMILES string of the molecule is C=C(CC)CNCC(CCC)CCO. The van der Waals surface area contributed by atoms with Crippen LogP contribution in [0.1, 0.15) is 39.5 Å². The minimum atomic E-state index is 0.307. The minimum absolute atomic E-state index is 0.307. The molecule has 0 saturated carbocycles. The Bertz CT molecular complexity index is 139. The van der Waals surface area contributed by atoms with Gasteiger partial charge in [0.05, 0.1) is 0 Å². The first-order valence-electron chi connectivity index (χ1n) is 5.72. The standard InChI is InChI=1S/C12H25NO/c1-4-6-12(7-8-14)10-13-9-11(3)5-2/h12-14H,3-10H2,1-2H3. The molecular weight excluding hydrogens is 174 g/mol. The Morgan fingerprint density at radius 3 is 2.57 bits per heavy atom. The molecule has 0 saturated heterocycles. The first-order valence-corrected chi connectivity index (χ1v) is 5.72. The third-order valence-electron chi connectivity index (χ3n) is 2.54. The molecule has 0 heterocycles. The molecule has 0 amide bonds. The van der Waals surface area contributed by atoms with Crippen LogP contribution in [0.3, 0.4) is 0 Å².